The van der Waals surface area contributed by atoms with E-state index >= 15 is 0 Å². The third kappa shape index (κ3) is 3.59. The average Bonchev–Trinajstić information content (AvgIpc) is 3.27. The van der Waals surface area contributed by atoms with Gasteiger partial charge in [0.25, 0.3) is 0 Å². The van der Waals surface area contributed by atoms with Gasteiger partial charge in [0.1, 0.15) is 5.54 Å². The summed E-state index contributed by atoms with van der Waals surface area (Å²) in [5.74, 6) is 0.170. The van der Waals surface area contributed by atoms with Crippen molar-refractivity contribution in [2.45, 2.75) is 82.9 Å². The van der Waals surface area contributed by atoms with Crippen LogP contribution >= 0.6 is 0 Å². The maximum absolute atomic E-state index is 12.1. The van der Waals surface area contributed by atoms with E-state index in [0.717, 1.165) is 25.7 Å². The fourth-order valence-corrected chi connectivity index (χ4v) is 3.58. The number of nitrogens with one attached hydrogen (secondary N) is 1. The minimum absolute atomic E-state index is 0.215. The van der Waals surface area contributed by atoms with Crippen LogP contribution in [0.4, 0.5) is 0 Å². The van der Waals surface area contributed by atoms with Crippen LogP contribution in [0.3, 0.4) is 0 Å². The number of ether oxygens (including phenoxy) is 1. The van der Waals surface area contributed by atoms with E-state index in [4.69, 9.17) is 10.5 Å². The summed E-state index contributed by atoms with van der Waals surface area (Å²) in [5.41, 5.74) is 5.61. The second-order valence-corrected chi connectivity index (χ2v) is 8.20. The Morgan fingerprint density at radius 2 is 1.81 bits per heavy atom. The van der Waals surface area contributed by atoms with Crippen molar-refractivity contribution >= 4 is 5.91 Å². The molecule has 0 aromatic rings. The fourth-order valence-electron chi connectivity index (χ4n) is 3.58. The van der Waals surface area contributed by atoms with Crippen molar-refractivity contribution < 1.29 is 9.53 Å². The molecule has 0 heterocycles. The first-order valence-corrected chi connectivity index (χ1v) is 8.60. The van der Waals surface area contributed by atoms with Gasteiger partial charge in [0.05, 0.1) is 12.7 Å². The van der Waals surface area contributed by atoms with Crippen LogP contribution in [0.1, 0.15) is 65.2 Å². The van der Waals surface area contributed by atoms with Gasteiger partial charge >= 0.3 is 0 Å². The number of primary amides is 1. The first-order valence-electron chi connectivity index (χ1n) is 8.60. The Labute approximate surface area is 128 Å². The lowest BCUT2D eigenvalue weighted by Crippen LogP contribution is -2.61. The topological polar surface area (TPSA) is 64.3 Å². The molecule has 21 heavy (non-hydrogen) atoms. The average molecular weight is 294 g/mol. The highest BCUT2D eigenvalue weighted by Gasteiger charge is 2.52. The van der Waals surface area contributed by atoms with Gasteiger partial charge in [-0.2, -0.15) is 0 Å². The van der Waals surface area contributed by atoms with Gasteiger partial charge in [0.2, 0.25) is 5.91 Å². The molecule has 3 N–H and O–H groups in total. The molecule has 120 valence electrons. The highest BCUT2D eigenvalue weighted by Crippen LogP contribution is 2.43. The van der Waals surface area contributed by atoms with Crippen LogP contribution in [-0.4, -0.2) is 30.2 Å². The lowest BCUT2D eigenvalue weighted by molar-refractivity contribution is -0.130. The maximum atomic E-state index is 12.1. The van der Waals surface area contributed by atoms with E-state index in [1.807, 2.05) is 0 Å². The van der Waals surface area contributed by atoms with Crippen molar-refractivity contribution in [1.29, 1.82) is 0 Å². The van der Waals surface area contributed by atoms with Crippen LogP contribution in [0.5, 0.6) is 0 Å². The van der Waals surface area contributed by atoms with Crippen LogP contribution < -0.4 is 11.1 Å². The zero-order valence-electron chi connectivity index (χ0n) is 13.5. The largest absolute Gasteiger partial charge is 0.376 e. The quantitative estimate of drug-likeness (QED) is 0.757. The predicted molar refractivity (Wildman–Crippen MR) is 82.8 cm³/mol. The zero-order chi connectivity index (χ0) is 15.1. The van der Waals surface area contributed by atoms with Crippen molar-refractivity contribution in [3.63, 3.8) is 0 Å². The molecule has 3 rings (SSSR count). The monoisotopic (exact) mass is 294 g/mol. The number of carbonyl (C=O) groups is 1. The number of nitrogens with two attached hydrogens (primary N) is 1. The molecular weight excluding hydrogens is 264 g/mol. The van der Waals surface area contributed by atoms with Gasteiger partial charge in [0.15, 0.2) is 0 Å². The van der Waals surface area contributed by atoms with Gasteiger partial charge in [-0.1, -0.05) is 13.8 Å². The zero-order valence-corrected chi connectivity index (χ0v) is 13.5. The Bertz CT molecular complexity index is 392. The van der Waals surface area contributed by atoms with Crippen molar-refractivity contribution in [2.24, 2.45) is 17.1 Å². The summed E-state index contributed by atoms with van der Waals surface area (Å²) in [6, 6.07) is 0.479. The molecule has 0 spiro atoms. The second kappa shape index (κ2) is 5.54. The van der Waals surface area contributed by atoms with Crippen molar-refractivity contribution in [3.8, 4) is 0 Å². The van der Waals surface area contributed by atoms with E-state index in [0.29, 0.717) is 30.1 Å². The van der Waals surface area contributed by atoms with E-state index in [-0.39, 0.29) is 5.91 Å². The first-order chi connectivity index (χ1) is 9.91. The normalized spacial score (nSPS) is 29.0. The van der Waals surface area contributed by atoms with Gasteiger partial charge in [-0.3, -0.25) is 10.1 Å². The summed E-state index contributed by atoms with van der Waals surface area (Å²) in [6.07, 6.45) is 9.47. The molecule has 0 saturated heterocycles. The molecule has 0 aliphatic heterocycles. The molecule has 3 fully saturated rings. The van der Waals surface area contributed by atoms with Gasteiger partial charge in [-0.05, 0) is 62.7 Å². The molecule has 0 aromatic carbocycles. The lowest BCUT2D eigenvalue weighted by atomic mass is 9.76. The Morgan fingerprint density at radius 1 is 1.19 bits per heavy atom. The molecule has 1 unspecified atom stereocenters. The van der Waals surface area contributed by atoms with E-state index in [1.165, 1.54) is 25.7 Å². The van der Waals surface area contributed by atoms with E-state index in [9.17, 15) is 4.79 Å². The highest BCUT2D eigenvalue weighted by molar-refractivity contribution is 5.86. The molecule has 1 amide bonds. The van der Waals surface area contributed by atoms with Gasteiger partial charge in [0, 0.05) is 6.04 Å². The smallest absolute Gasteiger partial charge is 0.240 e. The molecular formula is C17H30N2O2. The molecule has 4 nitrogen and oxygen atoms in total. The highest BCUT2D eigenvalue weighted by atomic mass is 16.5. The minimum atomic E-state index is -0.603. The third-order valence-corrected chi connectivity index (χ3v) is 5.59. The van der Waals surface area contributed by atoms with Gasteiger partial charge < -0.3 is 10.5 Å². The van der Waals surface area contributed by atoms with E-state index in [2.05, 4.69) is 19.2 Å². The number of rotatable bonds is 7. The van der Waals surface area contributed by atoms with E-state index < -0.39 is 5.54 Å². The molecule has 0 bridgehead atoms. The Morgan fingerprint density at radius 3 is 2.29 bits per heavy atom. The molecule has 0 aromatic heterocycles. The minimum Gasteiger partial charge on any atom is -0.376 e. The summed E-state index contributed by atoms with van der Waals surface area (Å²) in [5, 5.41) is 3.52. The summed E-state index contributed by atoms with van der Waals surface area (Å²) in [4.78, 5) is 12.1. The van der Waals surface area contributed by atoms with Gasteiger partial charge in [-0.25, -0.2) is 0 Å². The number of hydrogen-bond acceptors (Lipinski definition) is 3. The third-order valence-electron chi connectivity index (χ3n) is 5.59. The van der Waals surface area contributed by atoms with Crippen molar-refractivity contribution in [2.75, 3.05) is 6.61 Å². The maximum Gasteiger partial charge on any atom is 0.240 e. The van der Waals surface area contributed by atoms with Crippen LogP contribution in [0.15, 0.2) is 0 Å². The Kier molecular flexibility index (Phi) is 4.04. The fraction of sp³-hybridized carbons (Fsp3) is 0.941. The van der Waals surface area contributed by atoms with E-state index in [1.54, 1.807) is 0 Å². The number of hydrogen-bond donors (Lipinski definition) is 2. The molecule has 0 radical (unpaired) electrons. The molecule has 3 aliphatic rings. The molecule has 3 aliphatic carbocycles. The summed E-state index contributed by atoms with van der Waals surface area (Å²) >= 11 is 0. The predicted octanol–water partition coefficient (Wildman–Crippen LogP) is 2.36. The Balaban J connectivity index is 1.58. The summed E-state index contributed by atoms with van der Waals surface area (Å²) < 4.78 is 6.17. The van der Waals surface area contributed by atoms with Crippen LogP contribution in [0.25, 0.3) is 0 Å². The SMILES string of the molecule is CC1(C)CCC(OCC(NC2CC2)(C(N)=O)C2CC2)CC1. The summed E-state index contributed by atoms with van der Waals surface area (Å²) in [6.45, 7) is 5.13. The summed E-state index contributed by atoms with van der Waals surface area (Å²) in [7, 11) is 0. The molecule has 4 heteroatoms. The van der Waals surface area contributed by atoms with Gasteiger partial charge in [-0.15, -0.1) is 0 Å². The standard InChI is InChI=1S/C17H30N2O2/c1-16(2)9-7-14(8-10-16)21-11-17(15(18)20,12-3-4-12)19-13-5-6-13/h12-14,19H,3-11H2,1-2H3,(H2,18,20). The van der Waals surface area contributed by atoms with Crippen LogP contribution in [-0.2, 0) is 9.53 Å². The van der Waals surface area contributed by atoms with Crippen molar-refractivity contribution in [3.05, 3.63) is 0 Å². The first kappa shape index (κ1) is 15.3. The van der Waals surface area contributed by atoms with Crippen molar-refractivity contribution in [1.82, 2.24) is 5.32 Å². The van der Waals surface area contributed by atoms with Crippen LogP contribution in [0.2, 0.25) is 0 Å². The second-order valence-electron chi connectivity index (χ2n) is 8.20. The van der Waals surface area contributed by atoms with Crippen LogP contribution in [0, 0.1) is 11.3 Å². The number of amides is 1. The molecule has 1 atom stereocenters. The molecule has 3 saturated carbocycles. The number of carbonyl (C=O) groups excluding carboxylic acids is 1. The Hall–Kier alpha value is -0.610. The lowest BCUT2D eigenvalue weighted by Gasteiger charge is -2.37.